The van der Waals surface area contributed by atoms with Crippen LogP contribution in [0.5, 0.6) is 0 Å². The molecule has 0 saturated carbocycles. The van der Waals surface area contributed by atoms with Crippen LogP contribution in [0.1, 0.15) is 28.9 Å². The first-order valence-electron chi connectivity index (χ1n) is 7.39. The highest BCUT2D eigenvalue weighted by atomic mass is 32.1. The van der Waals surface area contributed by atoms with Gasteiger partial charge in [-0.2, -0.15) is 5.10 Å². The van der Waals surface area contributed by atoms with Crippen molar-refractivity contribution in [2.75, 3.05) is 20.6 Å². The molecule has 0 N–H and O–H groups in total. The fraction of sp³-hybridized carbons (Fsp3) is 0.533. The van der Waals surface area contributed by atoms with Crippen LogP contribution in [-0.4, -0.2) is 51.1 Å². The Morgan fingerprint density at radius 2 is 2.32 bits per heavy atom. The summed E-state index contributed by atoms with van der Waals surface area (Å²) in [5.74, 6) is 0.137. The summed E-state index contributed by atoms with van der Waals surface area (Å²) in [6.07, 6.45) is 2.30. The van der Waals surface area contributed by atoms with Crippen LogP contribution in [0, 0.1) is 6.92 Å². The number of fused-ring (bicyclic) bond motifs is 1. The van der Waals surface area contributed by atoms with Gasteiger partial charge in [-0.15, -0.1) is 11.3 Å². The molecule has 1 aliphatic rings. The zero-order valence-corrected chi connectivity index (χ0v) is 14.0. The van der Waals surface area contributed by atoms with Crippen LogP contribution in [0.25, 0.3) is 0 Å². The monoisotopic (exact) mass is 319 g/mol. The Labute approximate surface area is 134 Å². The Bertz CT molecular complexity index is 662. The lowest BCUT2D eigenvalue weighted by Gasteiger charge is -2.33. The third-order valence-corrected chi connectivity index (χ3v) is 4.74. The van der Waals surface area contributed by atoms with Crippen molar-refractivity contribution in [2.45, 2.75) is 32.5 Å². The van der Waals surface area contributed by atoms with Gasteiger partial charge in [-0.25, -0.2) is 4.98 Å². The lowest BCUT2D eigenvalue weighted by atomic mass is 10.1. The Morgan fingerprint density at radius 3 is 3.00 bits per heavy atom. The molecule has 3 heterocycles. The summed E-state index contributed by atoms with van der Waals surface area (Å²) in [5, 5.41) is 7.61. The van der Waals surface area contributed by atoms with Crippen molar-refractivity contribution in [3.05, 3.63) is 34.0 Å². The predicted octanol–water partition coefficient (Wildman–Crippen LogP) is 1.68. The molecule has 0 unspecified atom stereocenters. The molecular formula is C15H21N5OS. The smallest absolute Gasteiger partial charge is 0.224 e. The van der Waals surface area contributed by atoms with E-state index in [1.165, 1.54) is 0 Å². The Balaban J connectivity index is 1.75. The molecule has 118 valence electrons. The molecule has 22 heavy (non-hydrogen) atoms. The molecule has 2 aromatic heterocycles. The standard InChI is InChI=1S/C15H21N5OS/c1-11-17-12(10-22-11)7-19-8-13-4-5-16-20(13)14(9-19)6-15(21)18(2)3/h4-5,10,14H,6-9H2,1-3H3/t14-/m0/s1. The average molecular weight is 319 g/mol. The van der Waals surface area contributed by atoms with Gasteiger partial charge in [0, 0.05) is 45.3 Å². The van der Waals surface area contributed by atoms with Gasteiger partial charge in [-0.1, -0.05) is 0 Å². The van der Waals surface area contributed by atoms with Gasteiger partial charge in [0.15, 0.2) is 0 Å². The summed E-state index contributed by atoms with van der Waals surface area (Å²) >= 11 is 1.68. The van der Waals surface area contributed by atoms with Crippen LogP contribution in [0.2, 0.25) is 0 Å². The maximum Gasteiger partial charge on any atom is 0.224 e. The SMILES string of the molecule is Cc1nc(CN2Cc3ccnn3[C@@H](CC(=O)N(C)C)C2)cs1. The molecular weight excluding hydrogens is 298 g/mol. The van der Waals surface area contributed by atoms with Crippen LogP contribution in [0.15, 0.2) is 17.6 Å². The van der Waals surface area contributed by atoms with Gasteiger partial charge in [0.05, 0.1) is 28.9 Å². The van der Waals surface area contributed by atoms with E-state index in [0.717, 1.165) is 36.0 Å². The number of nitrogens with zero attached hydrogens (tertiary/aromatic N) is 5. The topological polar surface area (TPSA) is 54.3 Å². The number of amides is 1. The fourth-order valence-corrected chi connectivity index (χ4v) is 3.43. The number of carbonyl (C=O) groups is 1. The molecule has 0 saturated heterocycles. The van der Waals surface area contributed by atoms with Gasteiger partial charge in [0.25, 0.3) is 0 Å². The van der Waals surface area contributed by atoms with E-state index >= 15 is 0 Å². The molecule has 0 aromatic carbocycles. The van der Waals surface area contributed by atoms with E-state index in [1.54, 1.807) is 30.3 Å². The summed E-state index contributed by atoms with van der Waals surface area (Å²) in [6, 6.07) is 2.12. The van der Waals surface area contributed by atoms with Gasteiger partial charge < -0.3 is 4.90 Å². The number of rotatable bonds is 4. The summed E-state index contributed by atoms with van der Waals surface area (Å²) in [5.41, 5.74) is 2.27. The first-order chi connectivity index (χ1) is 10.5. The van der Waals surface area contributed by atoms with Crippen molar-refractivity contribution in [1.29, 1.82) is 0 Å². The number of thiazole rings is 1. The zero-order valence-electron chi connectivity index (χ0n) is 13.2. The molecule has 0 bridgehead atoms. The molecule has 0 fully saturated rings. The van der Waals surface area contributed by atoms with Gasteiger partial charge in [0.2, 0.25) is 5.91 Å². The van der Waals surface area contributed by atoms with Gasteiger partial charge in [-0.05, 0) is 13.0 Å². The van der Waals surface area contributed by atoms with Gasteiger partial charge in [-0.3, -0.25) is 14.4 Å². The van der Waals surface area contributed by atoms with Crippen LogP contribution >= 0.6 is 11.3 Å². The fourth-order valence-electron chi connectivity index (χ4n) is 2.83. The van der Waals surface area contributed by atoms with Crippen molar-refractivity contribution in [3.8, 4) is 0 Å². The normalized spacial score (nSPS) is 18.2. The lowest BCUT2D eigenvalue weighted by Crippen LogP contribution is -2.39. The third kappa shape index (κ3) is 3.20. The van der Waals surface area contributed by atoms with Crippen molar-refractivity contribution in [3.63, 3.8) is 0 Å². The Kier molecular flexibility index (Phi) is 4.26. The largest absolute Gasteiger partial charge is 0.349 e. The van der Waals surface area contributed by atoms with Gasteiger partial charge in [0.1, 0.15) is 0 Å². The molecule has 1 atom stereocenters. The third-order valence-electron chi connectivity index (χ3n) is 3.91. The summed E-state index contributed by atoms with van der Waals surface area (Å²) in [7, 11) is 3.59. The van der Waals surface area contributed by atoms with E-state index in [4.69, 9.17) is 0 Å². The molecule has 6 nitrogen and oxygen atoms in total. The van der Waals surface area contributed by atoms with E-state index in [-0.39, 0.29) is 11.9 Å². The van der Waals surface area contributed by atoms with E-state index in [1.807, 2.05) is 23.9 Å². The second-order valence-electron chi connectivity index (χ2n) is 5.94. The van der Waals surface area contributed by atoms with Crippen LogP contribution < -0.4 is 0 Å². The Hall–Kier alpha value is -1.73. The second kappa shape index (κ2) is 6.18. The maximum absolute atomic E-state index is 12.1. The quantitative estimate of drug-likeness (QED) is 0.860. The minimum atomic E-state index is 0.0911. The summed E-state index contributed by atoms with van der Waals surface area (Å²) in [4.78, 5) is 20.6. The molecule has 2 aromatic rings. The zero-order chi connectivity index (χ0) is 15.7. The molecule has 0 aliphatic carbocycles. The lowest BCUT2D eigenvalue weighted by molar-refractivity contribution is -0.129. The minimum absolute atomic E-state index is 0.0911. The average Bonchev–Trinajstić information content (AvgIpc) is 3.07. The highest BCUT2D eigenvalue weighted by molar-refractivity contribution is 7.09. The molecule has 1 aliphatic heterocycles. The number of hydrogen-bond acceptors (Lipinski definition) is 5. The van der Waals surface area contributed by atoms with E-state index in [2.05, 4.69) is 20.4 Å². The molecule has 3 rings (SSSR count). The number of hydrogen-bond donors (Lipinski definition) is 0. The van der Waals surface area contributed by atoms with Crippen molar-refractivity contribution in [1.82, 2.24) is 24.6 Å². The molecule has 0 spiro atoms. The van der Waals surface area contributed by atoms with Crippen LogP contribution in [0.3, 0.4) is 0 Å². The first kappa shape index (κ1) is 15.2. The highest BCUT2D eigenvalue weighted by Crippen LogP contribution is 2.25. The first-order valence-corrected chi connectivity index (χ1v) is 8.27. The maximum atomic E-state index is 12.1. The molecule has 0 radical (unpaired) electrons. The highest BCUT2D eigenvalue weighted by Gasteiger charge is 2.28. The second-order valence-corrected chi connectivity index (χ2v) is 7.00. The van der Waals surface area contributed by atoms with Crippen LogP contribution in [0.4, 0.5) is 0 Å². The summed E-state index contributed by atoms with van der Waals surface area (Å²) < 4.78 is 2.00. The van der Waals surface area contributed by atoms with Crippen molar-refractivity contribution >= 4 is 17.2 Å². The van der Waals surface area contributed by atoms with E-state index in [0.29, 0.717) is 6.42 Å². The number of carbonyl (C=O) groups excluding carboxylic acids is 1. The predicted molar refractivity (Wildman–Crippen MR) is 85.5 cm³/mol. The van der Waals surface area contributed by atoms with Crippen LogP contribution in [-0.2, 0) is 17.9 Å². The number of aromatic nitrogens is 3. The van der Waals surface area contributed by atoms with E-state index in [9.17, 15) is 4.79 Å². The molecule has 1 amide bonds. The Morgan fingerprint density at radius 1 is 1.50 bits per heavy atom. The van der Waals surface area contributed by atoms with Crippen molar-refractivity contribution < 1.29 is 4.79 Å². The summed E-state index contributed by atoms with van der Waals surface area (Å²) in [6.45, 7) is 4.52. The minimum Gasteiger partial charge on any atom is -0.349 e. The molecule has 7 heteroatoms. The van der Waals surface area contributed by atoms with Crippen molar-refractivity contribution in [2.24, 2.45) is 0 Å². The van der Waals surface area contributed by atoms with E-state index < -0.39 is 0 Å². The van der Waals surface area contributed by atoms with Gasteiger partial charge >= 0.3 is 0 Å². The number of aryl methyl sites for hydroxylation is 1.